The first-order valence-electron chi connectivity index (χ1n) is 10.4. The lowest BCUT2D eigenvalue weighted by atomic mass is 9.93. The topological polar surface area (TPSA) is 70.8 Å². The maximum Gasteiger partial charge on any atom is 0.254 e. The van der Waals surface area contributed by atoms with E-state index in [1.165, 1.54) is 0 Å². The highest BCUT2D eigenvalue weighted by atomic mass is 16.5. The lowest BCUT2D eigenvalue weighted by Gasteiger charge is -2.28. The zero-order chi connectivity index (χ0) is 22.0. The Bertz CT molecular complexity index is 1060. The van der Waals surface area contributed by atoms with Gasteiger partial charge in [-0.15, -0.1) is 0 Å². The summed E-state index contributed by atoms with van der Waals surface area (Å²) in [7, 11) is 3.86. The number of rotatable bonds is 5. The van der Waals surface area contributed by atoms with Gasteiger partial charge in [0.05, 0.1) is 17.8 Å². The van der Waals surface area contributed by atoms with Gasteiger partial charge in [-0.25, -0.2) is 4.68 Å². The number of carbonyl (C=O) groups excluding carboxylic acids is 1. The minimum absolute atomic E-state index is 0.0593. The Hall–Kier alpha value is -3.16. The van der Waals surface area contributed by atoms with E-state index in [-0.39, 0.29) is 5.91 Å². The highest BCUT2D eigenvalue weighted by Crippen LogP contribution is 2.30. The monoisotopic (exact) mass is 420 g/mol. The number of benzene rings is 2. The second-order valence-electron chi connectivity index (χ2n) is 8.41. The summed E-state index contributed by atoms with van der Waals surface area (Å²) in [5, 5.41) is 15.2. The van der Waals surface area contributed by atoms with E-state index < -0.39 is 5.60 Å². The molecule has 0 saturated carbocycles. The normalized spacial score (nSPS) is 15.7. The van der Waals surface area contributed by atoms with Crippen molar-refractivity contribution in [2.75, 3.05) is 33.8 Å². The van der Waals surface area contributed by atoms with Crippen LogP contribution in [0.15, 0.2) is 60.9 Å². The molecule has 1 aliphatic rings. The number of fused-ring (bicyclic) bond motifs is 1. The smallest absolute Gasteiger partial charge is 0.254 e. The van der Waals surface area contributed by atoms with Crippen LogP contribution in [0.5, 0.6) is 5.75 Å². The van der Waals surface area contributed by atoms with E-state index in [9.17, 15) is 9.90 Å². The average molecular weight is 421 g/mol. The van der Waals surface area contributed by atoms with Crippen molar-refractivity contribution in [3.8, 4) is 11.4 Å². The molecule has 0 aliphatic carbocycles. The maximum atomic E-state index is 13.3. The molecule has 0 bridgehead atoms. The van der Waals surface area contributed by atoms with Gasteiger partial charge in [0.1, 0.15) is 12.4 Å². The van der Waals surface area contributed by atoms with Crippen molar-refractivity contribution in [3.63, 3.8) is 0 Å². The van der Waals surface area contributed by atoms with Crippen LogP contribution < -0.4 is 4.74 Å². The molecule has 162 valence electrons. The van der Waals surface area contributed by atoms with Crippen molar-refractivity contribution in [2.24, 2.45) is 0 Å². The zero-order valence-electron chi connectivity index (χ0n) is 18.2. The van der Waals surface area contributed by atoms with Gasteiger partial charge in [0.25, 0.3) is 5.91 Å². The summed E-state index contributed by atoms with van der Waals surface area (Å²) in [5.74, 6) is 0.695. The summed E-state index contributed by atoms with van der Waals surface area (Å²) in [6.45, 7) is 3.63. The number of ether oxygens (including phenoxy) is 1. The Balaban J connectivity index is 1.59. The predicted octanol–water partition coefficient (Wildman–Crippen LogP) is 2.68. The van der Waals surface area contributed by atoms with Gasteiger partial charge in [-0.3, -0.25) is 4.79 Å². The van der Waals surface area contributed by atoms with E-state index in [0.717, 1.165) is 22.6 Å². The Labute approximate surface area is 182 Å². The Morgan fingerprint density at radius 2 is 2.06 bits per heavy atom. The molecule has 0 fully saturated rings. The summed E-state index contributed by atoms with van der Waals surface area (Å²) in [5.41, 5.74) is 2.14. The fourth-order valence-electron chi connectivity index (χ4n) is 4.00. The number of nitrogens with zero attached hydrogens (tertiary/aromatic N) is 4. The largest absolute Gasteiger partial charge is 0.491 e. The van der Waals surface area contributed by atoms with Crippen molar-refractivity contribution in [1.29, 1.82) is 0 Å². The first kappa shape index (κ1) is 21.1. The van der Waals surface area contributed by atoms with Gasteiger partial charge in [-0.1, -0.05) is 12.1 Å². The lowest BCUT2D eigenvalue weighted by molar-refractivity contribution is 0.0299. The number of likely N-dealkylation sites (N-methyl/N-ethyl adjacent to an activating group) is 1. The number of amides is 1. The number of hydrogen-bond donors (Lipinski definition) is 1. The number of aromatic nitrogens is 2. The highest BCUT2D eigenvalue weighted by Gasteiger charge is 2.27. The van der Waals surface area contributed by atoms with Gasteiger partial charge in [0.15, 0.2) is 0 Å². The third-order valence-electron chi connectivity index (χ3n) is 5.44. The van der Waals surface area contributed by atoms with Crippen LogP contribution >= 0.6 is 0 Å². The summed E-state index contributed by atoms with van der Waals surface area (Å²) < 4.78 is 7.63. The van der Waals surface area contributed by atoms with E-state index in [2.05, 4.69) is 5.10 Å². The third kappa shape index (κ3) is 4.62. The van der Waals surface area contributed by atoms with Gasteiger partial charge < -0.3 is 19.6 Å². The summed E-state index contributed by atoms with van der Waals surface area (Å²) >= 11 is 0. The van der Waals surface area contributed by atoms with E-state index in [0.29, 0.717) is 31.8 Å². The Morgan fingerprint density at radius 3 is 2.81 bits per heavy atom. The highest BCUT2D eigenvalue weighted by molar-refractivity contribution is 5.94. The SMILES string of the molecule is CN(C)CC(C)(O)c1ccc2c(c1)CN(C(=O)c1cccc(-n3cccn3)c1)CCO2. The van der Waals surface area contributed by atoms with E-state index in [1.807, 2.05) is 73.7 Å². The van der Waals surface area contributed by atoms with Crippen molar-refractivity contribution >= 4 is 5.91 Å². The average Bonchev–Trinajstić information content (AvgIpc) is 3.19. The molecule has 0 radical (unpaired) electrons. The lowest BCUT2D eigenvalue weighted by Crippen LogP contribution is -2.35. The van der Waals surface area contributed by atoms with Gasteiger partial charge in [0, 0.05) is 36.6 Å². The van der Waals surface area contributed by atoms with Crippen molar-refractivity contribution in [2.45, 2.75) is 19.1 Å². The first-order valence-corrected chi connectivity index (χ1v) is 10.4. The Kier molecular flexibility index (Phi) is 5.80. The minimum atomic E-state index is -1.00. The van der Waals surface area contributed by atoms with Crippen LogP contribution in [0.4, 0.5) is 0 Å². The van der Waals surface area contributed by atoms with Crippen LogP contribution in [0.2, 0.25) is 0 Å². The molecule has 1 aromatic heterocycles. The molecule has 1 unspecified atom stereocenters. The molecule has 0 saturated heterocycles. The predicted molar refractivity (Wildman–Crippen MR) is 118 cm³/mol. The van der Waals surface area contributed by atoms with Crippen LogP contribution in [-0.4, -0.2) is 64.4 Å². The Morgan fingerprint density at radius 1 is 1.23 bits per heavy atom. The van der Waals surface area contributed by atoms with Gasteiger partial charge in [-0.2, -0.15) is 5.10 Å². The zero-order valence-corrected chi connectivity index (χ0v) is 18.2. The number of aliphatic hydroxyl groups is 1. The molecule has 1 aliphatic heterocycles. The molecule has 0 spiro atoms. The second-order valence-corrected chi connectivity index (χ2v) is 8.41. The summed E-state index contributed by atoms with van der Waals surface area (Å²) in [6.07, 6.45) is 3.56. The number of hydrogen-bond acceptors (Lipinski definition) is 5. The fourth-order valence-corrected chi connectivity index (χ4v) is 4.00. The van der Waals surface area contributed by atoms with Gasteiger partial charge in [-0.05, 0) is 63.0 Å². The molecule has 1 amide bonds. The first-order chi connectivity index (χ1) is 14.8. The number of carbonyl (C=O) groups is 1. The fraction of sp³-hybridized carbons (Fsp3) is 0.333. The molecular formula is C24H28N4O3. The standard InChI is InChI=1S/C24H28N4O3/c1-24(30,17-26(2)3)20-8-9-22-19(14-20)16-27(12-13-31-22)23(29)18-6-4-7-21(15-18)28-11-5-10-25-28/h4-11,14-15,30H,12-13,16-17H2,1-3H3. The van der Waals surface area contributed by atoms with E-state index >= 15 is 0 Å². The van der Waals surface area contributed by atoms with Gasteiger partial charge in [0.2, 0.25) is 0 Å². The van der Waals surface area contributed by atoms with Gasteiger partial charge >= 0.3 is 0 Å². The summed E-state index contributed by atoms with van der Waals surface area (Å²) in [6, 6.07) is 15.0. The maximum absolute atomic E-state index is 13.3. The molecule has 7 heteroatoms. The van der Waals surface area contributed by atoms with Crippen molar-refractivity contribution < 1.29 is 14.6 Å². The molecule has 2 heterocycles. The molecule has 3 aromatic rings. The second kappa shape index (κ2) is 8.53. The summed E-state index contributed by atoms with van der Waals surface area (Å²) in [4.78, 5) is 17.0. The molecule has 2 aromatic carbocycles. The quantitative estimate of drug-likeness (QED) is 0.687. The molecule has 4 rings (SSSR count). The minimum Gasteiger partial charge on any atom is -0.491 e. The van der Waals surface area contributed by atoms with Crippen LogP contribution in [0.1, 0.15) is 28.4 Å². The third-order valence-corrected chi connectivity index (χ3v) is 5.44. The van der Waals surface area contributed by atoms with Crippen LogP contribution in [0.3, 0.4) is 0 Å². The van der Waals surface area contributed by atoms with Crippen molar-refractivity contribution in [3.05, 3.63) is 77.6 Å². The molecule has 7 nitrogen and oxygen atoms in total. The molecule has 31 heavy (non-hydrogen) atoms. The molecule has 1 atom stereocenters. The van der Waals surface area contributed by atoms with Crippen LogP contribution in [-0.2, 0) is 12.1 Å². The van der Waals surface area contributed by atoms with E-state index in [1.54, 1.807) is 22.7 Å². The van der Waals surface area contributed by atoms with E-state index in [4.69, 9.17) is 4.74 Å². The van der Waals surface area contributed by atoms with Crippen LogP contribution in [0, 0.1) is 0 Å². The molecule has 1 N–H and O–H groups in total. The molecular weight excluding hydrogens is 392 g/mol. The van der Waals surface area contributed by atoms with Crippen LogP contribution in [0.25, 0.3) is 5.69 Å². The van der Waals surface area contributed by atoms with Crippen molar-refractivity contribution in [1.82, 2.24) is 19.6 Å².